The van der Waals surface area contributed by atoms with Crippen molar-refractivity contribution in [2.24, 2.45) is 5.73 Å². The highest BCUT2D eigenvalue weighted by Gasteiger charge is 2.12. The molecular formula is C8H12N2O3. The third kappa shape index (κ3) is 5.70. The number of aliphatic carboxylic acids is 1. The number of rotatable bonds is 5. The molecule has 0 aliphatic carbocycles. The first-order valence-electron chi connectivity index (χ1n) is 3.76. The minimum Gasteiger partial charge on any atom is -0.480 e. The Hall–Kier alpha value is -1.54. The molecule has 0 radical (unpaired) electrons. The van der Waals surface area contributed by atoms with Crippen LogP contribution < -0.4 is 11.1 Å². The van der Waals surface area contributed by atoms with E-state index in [1.165, 1.54) is 0 Å². The van der Waals surface area contributed by atoms with Crippen molar-refractivity contribution < 1.29 is 14.7 Å². The fraction of sp³-hybridized carbons (Fsp3) is 0.500. The first-order valence-corrected chi connectivity index (χ1v) is 3.76. The van der Waals surface area contributed by atoms with Gasteiger partial charge in [-0.05, 0) is 6.42 Å². The first-order chi connectivity index (χ1) is 6.07. The Balaban J connectivity index is 3.59. The number of carbonyl (C=O) groups excluding carboxylic acids is 1. The molecule has 0 unspecified atom stereocenters. The van der Waals surface area contributed by atoms with Crippen LogP contribution in [0.15, 0.2) is 0 Å². The van der Waals surface area contributed by atoms with Gasteiger partial charge in [-0.2, -0.15) is 0 Å². The van der Waals surface area contributed by atoms with E-state index >= 15 is 0 Å². The molecule has 13 heavy (non-hydrogen) atoms. The maximum absolute atomic E-state index is 10.9. The molecule has 72 valence electrons. The van der Waals surface area contributed by atoms with E-state index in [1.54, 1.807) is 0 Å². The molecule has 5 heteroatoms. The van der Waals surface area contributed by atoms with Crippen LogP contribution in [0.3, 0.4) is 0 Å². The van der Waals surface area contributed by atoms with Crippen molar-refractivity contribution in [1.29, 1.82) is 0 Å². The van der Waals surface area contributed by atoms with Gasteiger partial charge >= 0.3 is 5.97 Å². The summed E-state index contributed by atoms with van der Waals surface area (Å²) < 4.78 is 0. The number of hydrogen-bond donors (Lipinski definition) is 3. The highest BCUT2D eigenvalue weighted by Crippen LogP contribution is 1.94. The largest absolute Gasteiger partial charge is 0.480 e. The number of nitrogens with two attached hydrogens (primary N) is 1. The second-order valence-electron chi connectivity index (χ2n) is 2.46. The molecule has 0 saturated carbocycles. The van der Waals surface area contributed by atoms with Crippen LogP contribution in [0.1, 0.15) is 12.8 Å². The number of carboxylic acids is 1. The monoisotopic (exact) mass is 184 g/mol. The van der Waals surface area contributed by atoms with Crippen LogP contribution in [-0.4, -0.2) is 29.6 Å². The van der Waals surface area contributed by atoms with Crippen molar-refractivity contribution >= 4 is 11.9 Å². The molecule has 5 nitrogen and oxygen atoms in total. The second-order valence-corrected chi connectivity index (χ2v) is 2.46. The molecule has 0 spiro atoms. The molecule has 0 bridgehead atoms. The van der Waals surface area contributed by atoms with Gasteiger partial charge in [0, 0.05) is 6.42 Å². The molecule has 0 aromatic carbocycles. The molecule has 0 heterocycles. The van der Waals surface area contributed by atoms with Crippen LogP contribution in [0.25, 0.3) is 0 Å². The lowest BCUT2D eigenvalue weighted by atomic mass is 10.1. The van der Waals surface area contributed by atoms with E-state index < -0.39 is 12.0 Å². The van der Waals surface area contributed by atoms with Gasteiger partial charge in [0.2, 0.25) is 5.91 Å². The quantitative estimate of drug-likeness (QED) is 0.474. The standard InChI is InChI=1S/C8H12N2O3/c1-2-5-10-7(11)4-3-6(9)8(12)13/h1,6H,3-5,9H2,(H,10,11)(H,12,13)/t6-/m0/s1. The molecule has 0 aliphatic heterocycles. The summed E-state index contributed by atoms with van der Waals surface area (Å²) in [6.07, 6.45) is 5.09. The van der Waals surface area contributed by atoms with Crippen LogP contribution in [0.5, 0.6) is 0 Å². The van der Waals surface area contributed by atoms with E-state index in [1.807, 2.05) is 0 Å². The van der Waals surface area contributed by atoms with E-state index in [4.69, 9.17) is 17.3 Å². The zero-order chi connectivity index (χ0) is 10.3. The molecule has 0 aliphatic rings. The van der Waals surface area contributed by atoms with E-state index in [-0.39, 0.29) is 25.3 Å². The number of terminal acetylenes is 1. The zero-order valence-electron chi connectivity index (χ0n) is 7.12. The number of amides is 1. The van der Waals surface area contributed by atoms with E-state index in [2.05, 4.69) is 11.2 Å². The zero-order valence-corrected chi connectivity index (χ0v) is 7.12. The Morgan fingerprint density at radius 1 is 1.62 bits per heavy atom. The lowest BCUT2D eigenvalue weighted by Crippen LogP contribution is -2.32. The van der Waals surface area contributed by atoms with Crippen LogP contribution in [0.4, 0.5) is 0 Å². The van der Waals surface area contributed by atoms with Gasteiger partial charge in [0.25, 0.3) is 0 Å². The summed E-state index contributed by atoms with van der Waals surface area (Å²) >= 11 is 0. The highest BCUT2D eigenvalue weighted by molar-refractivity contribution is 5.78. The van der Waals surface area contributed by atoms with Gasteiger partial charge in [-0.25, -0.2) is 0 Å². The van der Waals surface area contributed by atoms with Gasteiger partial charge in [0.1, 0.15) is 6.04 Å². The Bertz CT molecular complexity index is 232. The molecule has 1 atom stereocenters. The lowest BCUT2D eigenvalue weighted by Gasteiger charge is -2.05. The van der Waals surface area contributed by atoms with Crippen molar-refractivity contribution in [1.82, 2.24) is 5.32 Å². The van der Waals surface area contributed by atoms with Gasteiger partial charge < -0.3 is 16.2 Å². The summed E-state index contributed by atoms with van der Waals surface area (Å²) in [7, 11) is 0. The van der Waals surface area contributed by atoms with Crippen molar-refractivity contribution in [3.63, 3.8) is 0 Å². The summed E-state index contributed by atoms with van der Waals surface area (Å²) in [6, 6.07) is -0.989. The SMILES string of the molecule is C#CCNC(=O)CC[C@H](N)C(=O)O. The topological polar surface area (TPSA) is 92.4 Å². The van der Waals surface area contributed by atoms with Crippen molar-refractivity contribution in [2.45, 2.75) is 18.9 Å². The average Bonchev–Trinajstić information content (AvgIpc) is 2.10. The van der Waals surface area contributed by atoms with Crippen LogP contribution in [0.2, 0.25) is 0 Å². The molecule has 0 rings (SSSR count). The normalized spacial score (nSPS) is 11.4. The summed E-state index contributed by atoms with van der Waals surface area (Å²) in [4.78, 5) is 21.1. The Morgan fingerprint density at radius 2 is 2.23 bits per heavy atom. The fourth-order valence-electron chi connectivity index (χ4n) is 0.648. The third-order valence-electron chi connectivity index (χ3n) is 1.39. The highest BCUT2D eigenvalue weighted by atomic mass is 16.4. The fourth-order valence-corrected chi connectivity index (χ4v) is 0.648. The number of hydrogen-bond acceptors (Lipinski definition) is 3. The first kappa shape index (κ1) is 11.5. The molecule has 1 amide bonds. The van der Waals surface area contributed by atoms with E-state index in [0.29, 0.717) is 0 Å². The Kier molecular flexibility index (Phi) is 5.32. The van der Waals surface area contributed by atoms with Crippen molar-refractivity contribution in [3.05, 3.63) is 0 Å². The maximum Gasteiger partial charge on any atom is 0.320 e. The van der Waals surface area contributed by atoms with Crippen LogP contribution >= 0.6 is 0 Å². The molecule has 0 aromatic heterocycles. The van der Waals surface area contributed by atoms with Crippen LogP contribution in [0, 0.1) is 12.3 Å². The van der Waals surface area contributed by atoms with Gasteiger partial charge in [-0.3, -0.25) is 9.59 Å². The van der Waals surface area contributed by atoms with E-state index in [0.717, 1.165) is 0 Å². The van der Waals surface area contributed by atoms with Gasteiger partial charge in [-0.1, -0.05) is 5.92 Å². The second kappa shape index (κ2) is 6.03. The van der Waals surface area contributed by atoms with Crippen molar-refractivity contribution in [3.8, 4) is 12.3 Å². The number of carboxylic acid groups (broad SMARTS) is 1. The minimum absolute atomic E-state index is 0.0785. The number of carbonyl (C=O) groups is 2. The Labute approximate surface area is 76.3 Å². The molecule has 0 saturated heterocycles. The smallest absolute Gasteiger partial charge is 0.320 e. The van der Waals surface area contributed by atoms with Gasteiger partial charge in [0.05, 0.1) is 6.54 Å². The summed E-state index contributed by atoms with van der Waals surface area (Å²) in [5.41, 5.74) is 5.17. The van der Waals surface area contributed by atoms with Crippen molar-refractivity contribution in [2.75, 3.05) is 6.54 Å². The van der Waals surface area contributed by atoms with E-state index in [9.17, 15) is 9.59 Å². The van der Waals surface area contributed by atoms with Gasteiger partial charge in [0.15, 0.2) is 0 Å². The summed E-state index contributed by atoms with van der Waals surface area (Å²) in [6.45, 7) is 0.154. The summed E-state index contributed by atoms with van der Waals surface area (Å²) in [5.74, 6) is 0.840. The average molecular weight is 184 g/mol. The predicted molar refractivity (Wildman–Crippen MR) is 46.7 cm³/mol. The van der Waals surface area contributed by atoms with Gasteiger partial charge in [-0.15, -0.1) is 6.42 Å². The lowest BCUT2D eigenvalue weighted by molar-refractivity contribution is -0.138. The molecule has 4 N–H and O–H groups in total. The molecular weight excluding hydrogens is 172 g/mol. The minimum atomic E-state index is -1.11. The third-order valence-corrected chi connectivity index (χ3v) is 1.39. The predicted octanol–water partition coefficient (Wildman–Crippen LogP) is -1.07. The molecule has 0 aromatic rings. The molecule has 0 fully saturated rings. The Morgan fingerprint density at radius 3 is 2.69 bits per heavy atom. The maximum atomic E-state index is 10.9. The van der Waals surface area contributed by atoms with Crippen LogP contribution in [-0.2, 0) is 9.59 Å². The summed E-state index contributed by atoms with van der Waals surface area (Å²) in [5, 5.41) is 10.8. The number of nitrogens with one attached hydrogen (secondary N) is 1.